The van der Waals surface area contributed by atoms with Crippen molar-refractivity contribution in [2.45, 2.75) is 0 Å². The SMILES string of the molecule is N#C/C(=C\c1ccc(C(=O)O)cc1)C(=O)c1ccc2c(c1)OCO2. The molecular weight excluding hydrogens is 310 g/mol. The van der Waals surface area contributed by atoms with Crippen molar-refractivity contribution >= 4 is 17.8 Å². The van der Waals surface area contributed by atoms with Gasteiger partial charge in [0.15, 0.2) is 11.5 Å². The number of carbonyl (C=O) groups excluding carboxylic acids is 1. The van der Waals surface area contributed by atoms with Crippen molar-refractivity contribution in [1.29, 1.82) is 5.26 Å². The zero-order valence-electron chi connectivity index (χ0n) is 12.4. The lowest BCUT2D eigenvalue weighted by Gasteiger charge is -2.02. The second kappa shape index (κ2) is 6.26. The highest BCUT2D eigenvalue weighted by atomic mass is 16.7. The second-order valence-electron chi connectivity index (χ2n) is 4.99. The number of aromatic carboxylic acids is 1. The molecule has 0 saturated carbocycles. The molecule has 6 heteroatoms. The van der Waals surface area contributed by atoms with Gasteiger partial charge in [-0.3, -0.25) is 4.79 Å². The molecule has 1 aliphatic heterocycles. The van der Waals surface area contributed by atoms with Gasteiger partial charge in [-0.2, -0.15) is 5.26 Å². The Hall–Kier alpha value is -3.59. The van der Waals surface area contributed by atoms with Crippen LogP contribution in [0.2, 0.25) is 0 Å². The van der Waals surface area contributed by atoms with Crippen molar-refractivity contribution < 1.29 is 24.2 Å². The van der Waals surface area contributed by atoms with Crippen molar-refractivity contribution in [3.05, 3.63) is 64.7 Å². The van der Waals surface area contributed by atoms with Crippen LogP contribution in [0.15, 0.2) is 48.0 Å². The number of ketones is 1. The van der Waals surface area contributed by atoms with E-state index >= 15 is 0 Å². The van der Waals surface area contributed by atoms with E-state index in [1.54, 1.807) is 12.1 Å². The molecule has 0 spiro atoms. The lowest BCUT2D eigenvalue weighted by Crippen LogP contribution is -2.02. The number of hydrogen-bond donors (Lipinski definition) is 1. The molecule has 2 aromatic rings. The molecule has 0 aromatic heterocycles. The highest BCUT2D eigenvalue weighted by Crippen LogP contribution is 2.33. The van der Waals surface area contributed by atoms with E-state index in [0.717, 1.165) is 0 Å². The van der Waals surface area contributed by atoms with E-state index in [4.69, 9.17) is 14.6 Å². The molecule has 1 heterocycles. The van der Waals surface area contributed by atoms with Crippen LogP contribution >= 0.6 is 0 Å². The summed E-state index contributed by atoms with van der Waals surface area (Å²) in [7, 11) is 0. The molecule has 2 aromatic carbocycles. The monoisotopic (exact) mass is 321 g/mol. The molecule has 0 saturated heterocycles. The minimum absolute atomic E-state index is 0.0584. The third-order valence-electron chi connectivity index (χ3n) is 3.47. The molecule has 1 aliphatic rings. The van der Waals surface area contributed by atoms with E-state index < -0.39 is 11.8 Å². The average molecular weight is 321 g/mol. The molecule has 0 bridgehead atoms. The van der Waals surface area contributed by atoms with E-state index in [0.29, 0.717) is 22.6 Å². The van der Waals surface area contributed by atoms with Crippen LogP contribution in [-0.2, 0) is 0 Å². The lowest BCUT2D eigenvalue weighted by molar-refractivity contribution is 0.0696. The Morgan fingerprint density at radius 2 is 1.71 bits per heavy atom. The average Bonchev–Trinajstić information content (AvgIpc) is 3.07. The molecule has 0 amide bonds. The number of rotatable bonds is 4. The first kappa shape index (κ1) is 15.3. The summed E-state index contributed by atoms with van der Waals surface area (Å²) in [5.74, 6) is -0.470. The largest absolute Gasteiger partial charge is 0.478 e. The van der Waals surface area contributed by atoms with Gasteiger partial charge in [0.05, 0.1) is 5.56 Å². The minimum atomic E-state index is -1.04. The molecule has 24 heavy (non-hydrogen) atoms. The van der Waals surface area contributed by atoms with Crippen LogP contribution in [0.4, 0.5) is 0 Å². The predicted molar refractivity (Wildman–Crippen MR) is 83.9 cm³/mol. The summed E-state index contributed by atoms with van der Waals surface area (Å²) in [6.07, 6.45) is 1.42. The number of nitriles is 1. The fourth-order valence-electron chi connectivity index (χ4n) is 2.23. The molecule has 1 N–H and O–H groups in total. The highest BCUT2D eigenvalue weighted by molar-refractivity contribution is 6.14. The van der Waals surface area contributed by atoms with Gasteiger partial charge < -0.3 is 14.6 Å². The lowest BCUT2D eigenvalue weighted by atomic mass is 10.0. The van der Waals surface area contributed by atoms with Crippen LogP contribution in [0.25, 0.3) is 6.08 Å². The summed E-state index contributed by atoms with van der Waals surface area (Å²) in [5, 5.41) is 18.1. The number of nitrogens with zero attached hydrogens (tertiary/aromatic N) is 1. The molecule has 0 unspecified atom stereocenters. The van der Waals surface area contributed by atoms with Crippen LogP contribution in [0.5, 0.6) is 11.5 Å². The van der Waals surface area contributed by atoms with Gasteiger partial charge in [0.1, 0.15) is 11.6 Å². The topological polar surface area (TPSA) is 96.6 Å². The summed E-state index contributed by atoms with van der Waals surface area (Å²) in [4.78, 5) is 23.3. The number of carbonyl (C=O) groups is 2. The van der Waals surface area contributed by atoms with Gasteiger partial charge in [0, 0.05) is 5.56 Å². The van der Waals surface area contributed by atoms with Crippen LogP contribution in [-0.4, -0.2) is 23.7 Å². The number of carboxylic acids is 1. The van der Waals surface area contributed by atoms with Gasteiger partial charge in [0.25, 0.3) is 0 Å². The zero-order valence-corrected chi connectivity index (χ0v) is 12.4. The summed E-state index contributed by atoms with van der Waals surface area (Å²) in [6, 6.07) is 12.5. The normalized spacial score (nSPS) is 12.5. The Kier molecular flexibility index (Phi) is 4.00. The van der Waals surface area contributed by atoms with Gasteiger partial charge in [-0.15, -0.1) is 0 Å². The molecule has 118 valence electrons. The summed E-state index contributed by atoms with van der Waals surface area (Å²) in [5.41, 5.74) is 0.949. The third kappa shape index (κ3) is 2.96. The smallest absolute Gasteiger partial charge is 0.335 e. The Balaban J connectivity index is 1.89. The van der Waals surface area contributed by atoms with Gasteiger partial charge in [-0.25, -0.2) is 4.79 Å². The summed E-state index contributed by atoms with van der Waals surface area (Å²) in [6.45, 7) is 0.101. The number of benzene rings is 2. The number of fused-ring (bicyclic) bond motifs is 1. The van der Waals surface area contributed by atoms with Crippen LogP contribution in [0.1, 0.15) is 26.3 Å². The maximum atomic E-state index is 12.5. The molecule has 0 aliphatic carbocycles. The third-order valence-corrected chi connectivity index (χ3v) is 3.47. The first-order valence-electron chi connectivity index (χ1n) is 6.98. The molecular formula is C18H11NO5. The molecule has 0 radical (unpaired) electrons. The van der Waals surface area contributed by atoms with Gasteiger partial charge in [-0.05, 0) is 42.0 Å². The summed E-state index contributed by atoms with van der Waals surface area (Å²) >= 11 is 0. The maximum Gasteiger partial charge on any atom is 0.335 e. The number of Topliss-reactive ketones (excluding diaryl/α,β-unsaturated/α-hetero) is 1. The fourth-order valence-corrected chi connectivity index (χ4v) is 2.23. The van der Waals surface area contributed by atoms with Crippen molar-refractivity contribution in [2.24, 2.45) is 0 Å². The molecule has 6 nitrogen and oxygen atoms in total. The van der Waals surface area contributed by atoms with Crippen molar-refractivity contribution in [1.82, 2.24) is 0 Å². The minimum Gasteiger partial charge on any atom is -0.478 e. The quantitative estimate of drug-likeness (QED) is 0.528. The van der Waals surface area contributed by atoms with Gasteiger partial charge >= 0.3 is 5.97 Å². The second-order valence-corrected chi connectivity index (χ2v) is 4.99. The van der Waals surface area contributed by atoms with E-state index in [-0.39, 0.29) is 17.9 Å². The molecule has 3 rings (SSSR count). The first-order valence-corrected chi connectivity index (χ1v) is 6.98. The Morgan fingerprint density at radius 3 is 2.38 bits per heavy atom. The van der Waals surface area contributed by atoms with E-state index in [9.17, 15) is 14.9 Å². The van der Waals surface area contributed by atoms with E-state index in [1.165, 1.54) is 36.4 Å². The van der Waals surface area contributed by atoms with Gasteiger partial charge in [-0.1, -0.05) is 12.1 Å². The maximum absolute atomic E-state index is 12.5. The van der Waals surface area contributed by atoms with E-state index in [1.807, 2.05) is 6.07 Å². The number of ether oxygens (including phenoxy) is 2. The fraction of sp³-hybridized carbons (Fsp3) is 0.0556. The Bertz CT molecular complexity index is 891. The van der Waals surface area contributed by atoms with Crippen LogP contribution in [0, 0.1) is 11.3 Å². The van der Waals surface area contributed by atoms with Crippen molar-refractivity contribution in [3.63, 3.8) is 0 Å². The molecule has 0 atom stereocenters. The standard InChI is InChI=1S/C18H11NO5/c19-9-14(7-11-1-3-12(4-2-11)18(21)22)17(20)13-5-6-15-16(8-13)24-10-23-15/h1-8H,10H2,(H,21,22)/b14-7+. The van der Waals surface area contributed by atoms with Crippen LogP contribution < -0.4 is 9.47 Å². The number of hydrogen-bond acceptors (Lipinski definition) is 5. The van der Waals surface area contributed by atoms with Crippen molar-refractivity contribution in [3.8, 4) is 17.6 Å². The van der Waals surface area contributed by atoms with E-state index in [2.05, 4.69) is 0 Å². The van der Waals surface area contributed by atoms with Crippen molar-refractivity contribution in [2.75, 3.05) is 6.79 Å². The van der Waals surface area contributed by atoms with Gasteiger partial charge in [0.2, 0.25) is 12.6 Å². The zero-order chi connectivity index (χ0) is 17.1. The Morgan fingerprint density at radius 1 is 1.04 bits per heavy atom. The number of carboxylic acid groups (broad SMARTS) is 1. The van der Waals surface area contributed by atoms with Crippen LogP contribution in [0.3, 0.4) is 0 Å². The Labute approximate surface area is 137 Å². The highest BCUT2D eigenvalue weighted by Gasteiger charge is 2.18. The number of allylic oxidation sites excluding steroid dienone is 1. The first-order chi connectivity index (χ1) is 11.6. The summed E-state index contributed by atoms with van der Waals surface area (Å²) < 4.78 is 10.4. The predicted octanol–water partition coefficient (Wildman–Crippen LogP) is 2.90. The molecule has 0 fully saturated rings.